The molecule has 0 saturated heterocycles. The second-order valence-electron chi connectivity index (χ2n) is 2.78. The first-order valence-electron chi connectivity index (χ1n) is 3.79. The quantitative estimate of drug-likeness (QED) is 0.463. The topological polar surface area (TPSA) is 87.0 Å². The van der Waals surface area contributed by atoms with Gasteiger partial charge in [-0.3, -0.25) is 9.59 Å². The number of hydrogen-bond acceptors (Lipinski definition) is 5. The van der Waals surface area contributed by atoms with Crippen LogP contribution in [0.3, 0.4) is 0 Å². The molecule has 1 aromatic carbocycles. The van der Waals surface area contributed by atoms with Gasteiger partial charge in [-0.25, -0.2) is 4.99 Å². The maximum atomic E-state index is 11.3. The molecule has 0 aromatic heterocycles. The fourth-order valence-electron chi connectivity index (χ4n) is 1.23. The fraction of sp³-hybridized carbons (Fsp3) is 0. The van der Waals surface area contributed by atoms with Crippen LogP contribution in [0.5, 0.6) is 11.5 Å². The van der Waals surface area contributed by atoms with Gasteiger partial charge in [0, 0.05) is 0 Å². The molecule has 0 spiro atoms. The van der Waals surface area contributed by atoms with E-state index in [9.17, 15) is 19.8 Å². The van der Waals surface area contributed by atoms with E-state index in [1.165, 1.54) is 6.07 Å². The average molecular weight is 191 g/mol. The monoisotopic (exact) mass is 191 g/mol. The Labute approximate surface area is 78.3 Å². The van der Waals surface area contributed by atoms with Gasteiger partial charge in [-0.2, -0.15) is 0 Å². The molecule has 0 unspecified atom stereocenters. The van der Waals surface area contributed by atoms with E-state index in [0.29, 0.717) is 0 Å². The molecule has 1 aliphatic heterocycles. The molecule has 1 heterocycles. The first-order chi connectivity index (χ1) is 6.61. The highest BCUT2D eigenvalue weighted by molar-refractivity contribution is 6.64. The third-order valence-corrected chi connectivity index (χ3v) is 1.90. The van der Waals surface area contributed by atoms with Crippen molar-refractivity contribution in [2.45, 2.75) is 0 Å². The number of hydrogen-bond donors (Lipinski definition) is 2. The lowest BCUT2D eigenvalue weighted by molar-refractivity contribution is -0.109. The zero-order valence-electron chi connectivity index (χ0n) is 6.89. The third kappa shape index (κ3) is 0.990. The van der Waals surface area contributed by atoms with E-state index < -0.39 is 11.6 Å². The number of ketones is 2. The van der Waals surface area contributed by atoms with Crippen LogP contribution >= 0.6 is 0 Å². The Balaban J connectivity index is 2.79. The molecule has 1 aliphatic rings. The van der Waals surface area contributed by atoms with Gasteiger partial charge >= 0.3 is 0 Å². The summed E-state index contributed by atoms with van der Waals surface area (Å²) in [5.74, 6) is -2.26. The predicted octanol–water partition coefficient (Wildman–Crippen LogP) is 0.565. The number of aromatic hydroxyl groups is 2. The predicted molar refractivity (Wildman–Crippen MR) is 47.3 cm³/mol. The number of aliphatic imine (C=N–C) groups is 1. The number of carbonyl (C=O) groups excluding carboxylic acids is 2. The third-order valence-electron chi connectivity index (χ3n) is 1.90. The molecule has 2 rings (SSSR count). The molecule has 14 heavy (non-hydrogen) atoms. The maximum Gasteiger partial charge on any atom is 0.244 e. The molecule has 0 saturated carbocycles. The number of nitrogens with zero attached hydrogens (tertiary/aromatic N) is 1. The van der Waals surface area contributed by atoms with Crippen LogP contribution in [-0.4, -0.2) is 28.0 Å². The maximum absolute atomic E-state index is 11.3. The summed E-state index contributed by atoms with van der Waals surface area (Å²) in [5, 5.41) is 18.6. The minimum absolute atomic E-state index is 0.0606. The normalized spacial score (nSPS) is 14.3. The molecule has 1 aromatic rings. The lowest BCUT2D eigenvalue weighted by Crippen LogP contribution is -2.18. The van der Waals surface area contributed by atoms with Crippen molar-refractivity contribution in [3.05, 3.63) is 17.7 Å². The molecular weight excluding hydrogens is 186 g/mol. The van der Waals surface area contributed by atoms with Crippen LogP contribution in [0.25, 0.3) is 0 Å². The number of rotatable bonds is 0. The number of phenolic OH excluding ortho intramolecular Hbond substituents is 2. The molecule has 5 nitrogen and oxygen atoms in total. The summed E-state index contributed by atoms with van der Waals surface area (Å²) in [5.41, 5.74) is -0.299. The average Bonchev–Trinajstić information content (AvgIpc) is 2.16. The molecule has 2 N–H and O–H groups in total. The van der Waals surface area contributed by atoms with Gasteiger partial charge in [0.2, 0.25) is 11.6 Å². The lowest BCUT2D eigenvalue weighted by Gasteiger charge is -2.10. The number of benzene rings is 1. The van der Waals surface area contributed by atoms with Gasteiger partial charge in [0.05, 0.1) is 11.8 Å². The van der Waals surface area contributed by atoms with Crippen molar-refractivity contribution in [1.29, 1.82) is 0 Å². The van der Waals surface area contributed by atoms with Gasteiger partial charge < -0.3 is 10.2 Å². The summed E-state index contributed by atoms with van der Waals surface area (Å²) in [7, 11) is 0. The summed E-state index contributed by atoms with van der Waals surface area (Å²) in [6.45, 7) is 0. The highest BCUT2D eigenvalue weighted by Crippen LogP contribution is 2.37. The van der Waals surface area contributed by atoms with Gasteiger partial charge in [-0.15, -0.1) is 0 Å². The summed E-state index contributed by atoms with van der Waals surface area (Å²) < 4.78 is 0. The van der Waals surface area contributed by atoms with E-state index in [4.69, 9.17) is 0 Å². The Hall–Kier alpha value is -2.17. The molecule has 5 heteroatoms. The van der Waals surface area contributed by atoms with Crippen LogP contribution in [0.1, 0.15) is 10.4 Å². The van der Waals surface area contributed by atoms with Gasteiger partial charge in [0.25, 0.3) is 0 Å². The van der Waals surface area contributed by atoms with Gasteiger partial charge in [-0.1, -0.05) is 0 Å². The van der Waals surface area contributed by atoms with Gasteiger partial charge in [0.1, 0.15) is 17.2 Å². The first kappa shape index (κ1) is 8.43. The van der Waals surface area contributed by atoms with Gasteiger partial charge in [0.15, 0.2) is 0 Å². The summed E-state index contributed by atoms with van der Waals surface area (Å²) in [4.78, 5) is 25.8. The van der Waals surface area contributed by atoms with E-state index in [1.54, 1.807) is 0 Å². The number of fused-ring (bicyclic) bond motifs is 1. The van der Waals surface area contributed by atoms with Crippen LogP contribution < -0.4 is 0 Å². The minimum atomic E-state index is -0.858. The molecule has 0 amide bonds. The highest BCUT2D eigenvalue weighted by atomic mass is 16.3. The zero-order valence-corrected chi connectivity index (χ0v) is 6.89. The Morgan fingerprint density at radius 3 is 2.43 bits per heavy atom. The minimum Gasteiger partial charge on any atom is -0.507 e. The zero-order chi connectivity index (χ0) is 10.3. The summed E-state index contributed by atoms with van der Waals surface area (Å²) in [6, 6.07) is 2.34. The molecule has 0 bridgehead atoms. The van der Waals surface area contributed by atoms with Crippen LogP contribution in [0.4, 0.5) is 5.69 Å². The van der Waals surface area contributed by atoms with Crippen molar-refractivity contribution < 1.29 is 19.8 Å². The largest absolute Gasteiger partial charge is 0.507 e. The Morgan fingerprint density at radius 2 is 1.71 bits per heavy atom. The highest BCUT2D eigenvalue weighted by Gasteiger charge is 2.27. The molecule has 0 aliphatic carbocycles. The number of carbonyl (C=O) groups is 2. The molecule has 70 valence electrons. The van der Waals surface area contributed by atoms with E-state index in [1.807, 2.05) is 0 Å². The number of phenols is 2. The van der Waals surface area contributed by atoms with Crippen LogP contribution in [-0.2, 0) is 4.79 Å². The van der Waals surface area contributed by atoms with E-state index in [-0.39, 0.29) is 22.7 Å². The first-order valence-corrected chi connectivity index (χ1v) is 3.79. The fourth-order valence-corrected chi connectivity index (χ4v) is 1.23. The Morgan fingerprint density at radius 1 is 1.07 bits per heavy atom. The van der Waals surface area contributed by atoms with Crippen molar-refractivity contribution in [3.8, 4) is 11.5 Å². The lowest BCUT2D eigenvalue weighted by atomic mass is 10.0. The SMILES string of the molecule is O=C1C=Nc2c(O)ccc(O)c2C1=O. The van der Waals surface area contributed by atoms with Crippen molar-refractivity contribution in [3.63, 3.8) is 0 Å². The Bertz CT molecular complexity index is 476. The summed E-state index contributed by atoms with van der Waals surface area (Å²) >= 11 is 0. The molecule has 0 atom stereocenters. The van der Waals surface area contributed by atoms with Crippen molar-refractivity contribution in [1.82, 2.24) is 0 Å². The van der Waals surface area contributed by atoms with Crippen molar-refractivity contribution in [2.75, 3.05) is 0 Å². The molecular formula is C9H5NO4. The summed E-state index contributed by atoms with van der Waals surface area (Å²) in [6.07, 6.45) is 0.823. The second-order valence-corrected chi connectivity index (χ2v) is 2.78. The van der Waals surface area contributed by atoms with Crippen LogP contribution in [0.2, 0.25) is 0 Å². The molecule has 0 fully saturated rings. The standard InChI is InChI=1S/C9H5NO4/c11-4-1-2-5(12)8-7(4)9(14)6(13)3-10-8/h1-3,11-12H. The smallest absolute Gasteiger partial charge is 0.244 e. The van der Waals surface area contributed by atoms with Gasteiger partial charge in [-0.05, 0) is 12.1 Å². The van der Waals surface area contributed by atoms with Crippen molar-refractivity contribution in [2.24, 2.45) is 4.99 Å². The van der Waals surface area contributed by atoms with E-state index >= 15 is 0 Å². The Kier molecular flexibility index (Phi) is 1.60. The van der Waals surface area contributed by atoms with Crippen LogP contribution in [0, 0.1) is 0 Å². The van der Waals surface area contributed by atoms with E-state index in [0.717, 1.165) is 12.3 Å². The molecule has 0 radical (unpaired) electrons. The second kappa shape index (κ2) is 2.66. The van der Waals surface area contributed by atoms with Crippen LogP contribution in [0.15, 0.2) is 17.1 Å². The van der Waals surface area contributed by atoms with E-state index in [2.05, 4.69) is 4.99 Å². The number of Topliss-reactive ketones (excluding diaryl/α,β-unsaturated/α-hetero) is 2. The van der Waals surface area contributed by atoms with Crippen molar-refractivity contribution >= 4 is 23.5 Å².